The molecule has 0 bridgehead atoms. The predicted octanol–water partition coefficient (Wildman–Crippen LogP) is 3.28. The van der Waals surface area contributed by atoms with Gasteiger partial charge in [-0.25, -0.2) is 9.98 Å². The highest BCUT2D eigenvalue weighted by Gasteiger charge is 2.20. The summed E-state index contributed by atoms with van der Waals surface area (Å²) in [6.45, 7) is 9.52. The van der Waals surface area contributed by atoms with Crippen molar-refractivity contribution in [1.29, 1.82) is 0 Å². The zero-order chi connectivity index (χ0) is 19.1. The Morgan fingerprint density at radius 3 is 2.68 bits per heavy atom. The van der Waals surface area contributed by atoms with E-state index in [1.54, 1.807) is 0 Å². The Hall–Kier alpha value is -1.84. The fourth-order valence-corrected chi connectivity index (χ4v) is 3.17. The zero-order valence-corrected chi connectivity index (χ0v) is 19.3. The maximum atomic E-state index is 5.32. The molecule has 1 saturated heterocycles. The third kappa shape index (κ3) is 6.35. The van der Waals surface area contributed by atoms with E-state index in [4.69, 9.17) is 4.52 Å². The molecule has 3 heterocycles. The predicted molar refractivity (Wildman–Crippen MR) is 123 cm³/mol. The highest BCUT2D eigenvalue weighted by Crippen LogP contribution is 2.18. The molecule has 2 aromatic heterocycles. The third-order valence-corrected chi connectivity index (χ3v) is 4.76. The van der Waals surface area contributed by atoms with Crippen LogP contribution in [0.1, 0.15) is 43.7 Å². The van der Waals surface area contributed by atoms with Gasteiger partial charge in [-0.1, -0.05) is 18.1 Å². The van der Waals surface area contributed by atoms with Gasteiger partial charge in [0, 0.05) is 37.9 Å². The van der Waals surface area contributed by atoms with Gasteiger partial charge in [0.1, 0.15) is 12.4 Å². The van der Waals surface area contributed by atoms with Crippen LogP contribution in [-0.4, -0.2) is 41.8 Å². The van der Waals surface area contributed by atoms with Crippen molar-refractivity contribution in [2.75, 3.05) is 24.5 Å². The maximum Gasteiger partial charge on any atom is 0.191 e. The van der Waals surface area contributed by atoms with Crippen LogP contribution in [0.4, 0.5) is 5.82 Å². The van der Waals surface area contributed by atoms with Gasteiger partial charge in [-0.15, -0.1) is 24.0 Å². The second-order valence-electron chi connectivity index (χ2n) is 6.93. The SMILES string of the molecule is CCNC(=NCc1cc(CC)no1)NC1CCN(c2ccc(C)cn2)CC1.I. The fraction of sp³-hybridized carbons (Fsp3) is 0.550. The van der Waals surface area contributed by atoms with E-state index in [1.165, 1.54) is 5.56 Å². The van der Waals surface area contributed by atoms with Gasteiger partial charge < -0.3 is 20.1 Å². The molecule has 0 spiro atoms. The molecule has 0 amide bonds. The summed E-state index contributed by atoms with van der Waals surface area (Å²) in [6.07, 6.45) is 4.92. The van der Waals surface area contributed by atoms with Gasteiger partial charge in [0.15, 0.2) is 11.7 Å². The molecule has 0 aromatic carbocycles. The van der Waals surface area contributed by atoms with Crippen LogP contribution < -0.4 is 15.5 Å². The van der Waals surface area contributed by atoms with Crippen LogP contribution in [0, 0.1) is 6.92 Å². The van der Waals surface area contributed by atoms with Crippen molar-refractivity contribution in [3.63, 3.8) is 0 Å². The lowest BCUT2D eigenvalue weighted by molar-refractivity contribution is 0.379. The third-order valence-electron chi connectivity index (χ3n) is 4.76. The molecular formula is C20H31IN6O. The minimum absolute atomic E-state index is 0. The van der Waals surface area contributed by atoms with Crippen LogP contribution in [0.3, 0.4) is 0 Å². The van der Waals surface area contributed by atoms with Crippen molar-refractivity contribution in [3.8, 4) is 0 Å². The molecule has 154 valence electrons. The van der Waals surface area contributed by atoms with Gasteiger partial charge in [-0.05, 0) is 44.7 Å². The van der Waals surface area contributed by atoms with E-state index in [2.05, 4.69) is 63.6 Å². The maximum absolute atomic E-state index is 5.32. The Morgan fingerprint density at radius 2 is 2.07 bits per heavy atom. The molecule has 0 saturated carbocycles. The summed E-state index contributed by atoms with van der Waals surface area (Å²) in [4.78, 5) is 11.5. The number of aromatic nitrogens is 2. The number of guanidine groups is 1. The van der Waals surface area contributed by atoms with Crippen molar-refractivity contribution in [3.05, 3.63) is 41.4 Å². The largest absolute Gasteiger partial charge is 0.359 e. The van der Waals surface area contributed by atoms with E-state index in [9.17, 15) is 0 Å². The summed E-state index contributed by atoms with van der Waals surface area (Å²) >= 11 is 0. The Kier molecular flexibility index (Phi) is 9.01. The van der Waals surface area contributed by atoms with Gasteiger partial charge in [0.05, 0.1) is 5.69 Å². The van der Waals surface area contributed by atoms with Crippen molar-refractivity contribution in [2.24, 2.45) is 4.99 Å². The Bertz CT molecular complexity index is 737. The Labute approximate surface area is 184 Å². The molecule has 7 nitrogen and oxygen atoms in total. The van der Waals surface area contributed by atoms with Gasteiger partial charge in [0.25, 0.3) is 0 Å². The standard InChI is InChI=1S/C20H30N6O.HI/c1-4-16-12-18(27-25-16)14-23-20(21-5-2)24-17-8-10-26(11-9-17)19-7-6-15(3)13-22-19;/h6-7,12-13,17H,4-5,8-11,14H2,1-3H3,(H2,21,23,24);1H. The molecule has 0 aliphatic carbocycles. The number of piperidine rings is 1. The van der Waals surface area contributed by atoms with Crippen LogP contribution in [0.5, 0.6) is 0 Å². The zero-order valence-electron chi connectivity index (χ0n) is 16.9. The number of anilines is 1. The van der Waals surface area contributed by atoms with E-state index >= 15 is 0 Å². The van der Waals surface area contributed by atoms with Crippen LogP contribution in [0.25, 0.3) is 0 Å². The normalized spacial score (nSPS) is 15.2. The van der Waals surface area contributed by atoms with Gasteiger partial charge >= 0.3 is 0 Å². The molecular weight excluding hydrogens is 467 g/mol. The number of hydrogen-bond donors (Lipinski definition) is 2. The van der Waals surface area contributed by atoms with Crippen molar-refractivity contribution < 1.29 is 4.52 Å². The van der Waals surface area contributed by atoms with Gasteiger partial charge in [-0.3, -0.25) is 0 Å². The average Bonchev–Trinajstić information content (AvgIpc) is 3.16. The molecule has 0 radical (unpaired) electrons. The van der Waals surface area contributed by atoms with Gasteiger partial charge in [0.2, 0.25) is 0 Å². The van der Waals surface area contributed by atoms with Crippen LogP contribution in [0.15, 0.2) is 33.9 Å². The highest BCUT2D eigenvalue weighted by molar-refractivity contribution is 14.0. The Balaban J connectivity index is 0.00000280. The minimum Gasteiger partial charge on any atom is -0.359 e. The van der Waals surface area contributed by atoms with Crippen molar-refractivity contribution in [2.45, 2.75) is 52.6 Å². The monoisotopic (exact) mass is 498 g/mol. The first-order valence-electron chi connectivity index (χ1n) is 9.84. The van der Waals surface area contributed by atoms with Crippen LogP contribution in [0.2, 0.25) is 0 Å². The van der Waals surface area contributed by atoms with E-state index in [1.807, 2.05) is 12.3 Å². The topological polar surface area (TPSA) is 78.6 Å². The van der Waals surface area contributed by atoms with Crippen LogP contribution in [-0.2, 0) is 13.0 Å². The number of aliphatic imine (C=N–C) groups is 1. The summed E-state index contributed by atoms with van der Waals surface area (Å²) in [6, 6.07) is 6.61. The molecule has 0 unspecified atom stereocenters. The lowest BCUT2D eigenvalue weighted by Crippen LogP contribution is -2.48. The second-order valence-corrected chi connectivity index (χ2v) is 6.93. The molecule has 0 atom stereocenters. The molecule has 2 N–H and O–H groups in total. The van der Waals surface area contributed by atoms with Crippen molar-refractivity contribution >= 4 is 35.8 Å². The smallest absolute Gasteiger partial charge is 0.191 e. The quantitative estimate of drug-likeness (QED) is 0.362. The summed E-state index contributed by atoms with van der Waals surface area (Å²) in [5.41, 5.74) is 2.16. The first-order chi connectivity index (χ1) is 13.2. The summed E-state index contributed by atoms with van der Waals surface area (Å²) in [5.74, 6) is 2.69. The second kappa shape index (κ2) is 11.2. The van der Waals surface area contributed by atoms with E-state index in [0.717, 1.165) is 62.1 Å². The molecule has 1 aliphatic heterocycles. The van der Waals surface area contributed by atoms with Gasteiger partial charge in [-0.2, -0.15) is 0 Å². The molecule has 28 heavy (non-hydrogen) atoms. The molecule has 2 aromatic rings. The number of nitrogens with zero attached hydrogens (tertiary/aromatic N) is 4. The first-order valence-corrected chi connectivity index (χ1v) is 9.84. The lowest BCUT2D eigenvalue weighted by Gasteiger charge is -2.33. The molecule has 1 aliphatic rings. The van der Waals surface area contributed by atoms with Crippen LogP contribution >= 0.6 is 24.0 Å². The van der Waals surface area contributed by atoms with E-state index in [-0.39, 0.29) is 24.0 Å². The number of hydrogen-bond acceptors (Lipinski definition) is 5. The number of rotatable bonds is 6. The fourth-order valence-electron chi connectivity index (χ4n) is 3.17. The molecule has 1 fully saturated rings. The van der Waals surface area contributed by atoms with E-state index < -0.39 is 0 Å². The number of aryl methyl sites for hydroxylation is 2. The number of halogens is 1. The summed E-state index contributed by atoms with van der Waals surface area (Å²) in [5, 5.41) is 10.9. The lowest BCUT2D eigenvalue weighted by atomic mass is 10.1. The first kappa shape index (κ1) is 22.4. The van der Waals surface area contributed by atoms with E-state index in [0.29, 0.717) is 12.6 Å². The van der Waals surface area contributed by atoms with Crippen molar-refractivity contribution in [1.82, 2.24) is 20.8 Å². The average molecular weight is 498 g/mol. The summed E-state index contributed by atoms with van der Waals surface area (Å²) < 4.78 is 5.32. The molecule has 8 heteroatoms. The number of nitrogens with one attached hydrogen (secondary N) is 2. The highest BCUT2D eigenvalue weighted by atomic mass is 127. The number of pyridine rings is 1. The summed E-state index contributed by atoms with van der Waals surface area (Å²) in [7, 11) is 0. The Morgan fingerprint density at radius 1 is 1.29 bits per heavy atom. The molecule has 3 rings (SSSR count). The minimum atomic E-state index is 0.